The average Bonchev–Trinajstić information content (AvgIpc) is 2.46. The predicted octanol–water partition coefficient (Wildman–Crippen LogP) is 3.67. The van der Waals surface area contributed by atoms with Gasteiger partial charge < -0.3 is 4.74 Å². The number of hydrogen-bond acceptors (Lipinski definition) is 4. The largest absolute Gasteiger partial charge is 0.459 e. The zero-order valence-corrected chi connectivity index (χ0v) is 15.0. The Morgan fingerprint density at radius 1 is 1.04 bits per heavy atom. The minimum atomic E-state index is -3.68. The SMILES string of the molecule is Cc1ccc(S(=O)(=O)Nc2ccc(C(=O)OC(C)C)cc2)c(C)c1. The fraction of sp³-hybridized carbons (Fsp3) is 0.278. The van der Waals surface area contributed by atoms with Crippen LogP contribution in [0.2, 0.25) is 0 Å². The van der Waals surface area contributed by atoms with Gasteiger partial charge in [-0.25, -0.2) is 13.2 Å². The van der Waals surface area contributed by atoms with Crippen LogP contribution in [-0.2, 0) is 14.8 Å². The van der Waals surface area contributed by atoms with Crippen molar-refractivity contribution < 1.29 is 17.9 Å². The van der Waals surface area contributed by atoms with Crippen LogP contribution in [0.25, 0.3) is 0 Å². The third kappa shape index (κ3) is 4.35. The number of aryl methyl sites for hydroxylation is 2. The summed E-state index contributed by atoms with van der Waals surface area (Å²) >= 11 is 0. The maximum atomic E-state index is 12.5. The van der Waals surface area contributed by atoms with Crippen molar-refractivity contribution in [3.05, 3.63) is 59.2 Å². The molecule has 0 aliphatic rings. The molecule has 0 saturated carbocycles. The van der Waals surface area contributed by atoms with Crippen LogP contribution >= 0.6 is 0 Å². The number of anilines is 1. The Kier molecular flexibility index (Phi) is 5.29. The Hall–Kier alpha value is -2.34. The first-order valence-electron chi connectivity index (χ1n) is 7.60. The van der Waals surface area contributed by atoms with Gasteiger partial charge in [-0.05, 0) is 63.6 Å². The number of sulfonamides is 1. The summed E-state index contributed by atoms with van der Waals surface area (Å²) in [6.45, 7) is 7.20. The summed E-state index contributed by atoms with van der Waals surface area (Å²) in [6.07, 6.45) is -0.208. The summed E-state index contributed by atoms with van der Waals surface area (Å²) in [5, 5.41) is 0. The van der Waals surface area contributed by atoms with Crippen LogP contribution in [0.5, 0.6) is 0 Å². The van der Waals surface area contributed by atoms with Crippen LogP contribution in [0.3, 0.4) is 0 Å². The van der Waals surface area contributed by atoms with Crippen molar-refractivity contribution in [2.45, 2.75) is 38.7 Å². The zero-order valence-electron chi connectivity index (χ0n) is 14.2. The third-order valence-electron chi connectivity index (χ3n) is 3.34. The average molecular weight is 347 g/mol. The summed E-state index contributed by atoms with van der Waals surface area (Å²) < 4.78 is 32.6. The molecule has 6 heteroatoms. The van der Waals surface area contributed by atoms with Crippen molar-refractivity contribution in [2.24, 2.45) is 0 Å². The monoisotopic (exact) mass is 347 g/mol. The second-order valence-electron chi connectivity index (χ2n) is 5.91. The van der Waals surface area contributed by atoms with Crippen molar-refractivity contribution in [2.75, 3.05) is 4.72 Å². The maximum absolute atomic E-state index is 12.5. The van der Waals surface area contributed by atoms with E-state index in [0.717, 1.165) is 5.56 Å². The first kappa shape index (κ1) is 18.0. The van der Waals surface area contributed by atoms with Crippen molar-refractivity contribution in [3.8, 4) is 0 Å². The molecule has 0 heterocycles. The van der Waals surface area contributed by atoms with E-state index in [-0.39, 0.29) is 11.0 Å². The Balaban J connectivity index is 2.20. The molecular formula is C18H21NO4S. The number of benzene rings is 2. The smallest absolute Gasteiger partial charge is 0.338 e. The Morgan fingerprint density at radius 2 is 1.67 bits per heavy atom. The van der Waals surface area contributed by atoms with Gasteiger partial charge in [0, 0.05) is 5.69 Å². The molecule has 0 aliphatic heterocycles. The van der Waals surface area contributed by atoms with Gasteiger partial charge in [0.1, 0.15) is 0 Å². The predicted molar refractivity (Wildman–Crippen MR) is 93.7 cm³/mol. The minimum Gasteiger partial charge on any atom is -0.459 e. The van der Waals surface area contributed by atoms with Crippen molar-refractivity contribution in [1.82, 2.24) is 0 Å². The standard InChI is InChI=1S/C18H21NO4S/c1-12(2)23-18(20)15-6-8-16(9-7-15)19-24(21,22)17-10-5-13(3)11-14(17)4/h5-12,19H,1-4H3. The molecule has 2 aromatic carbocycles. The quantitative estimate of drug-likeness (QED) is 0.838. The van der Waals surface area contributed by atoms with Gasteiger partial charge in [-0.15, -0.1) is 0 Å². The lowest BCUT2D eigenvalue weighted by Crippen LogP contribution is -2.15. The van der Waals surface area contributed by atoms with E-state index in [1.807, 2.05) is 13.0 Å². The van der Waals surface area contributed by atoms with E-state index >= 15 is 0 Å². The summed E-state index contributed by atoms with van der Waals surface area (Å²) in [4.78, 5) is 12.0. The lowest BCUT2D eigenvalue weighted by Gasteiger charge is -2.12. The van der Waals surface area contributed by atoms with Crippen LogP contribution in [0.1, 0.15) is 35.3 Å². The fourth-order valence-electron chi connectivity index (χ4n) is 2.27. The zero-order chi connectivity index (χ0) is 17.9. The molecule has 2 rings (SSSR count). The molecule has 0 saturated heterocycles. The van der Waals surface area contributed by atoms with E-state index < -0.39 is 16.0 Å². The van der Waals surface area contributed by atoms with E-state index in [2.05, 4.69) is 4.72 Å². The van der Waals surface area contributed by atoms with Crippen LogP contribution in [0.15, 0.2) is 47.4 Å². The lowest BCUT2D eigenvalue weighted by atomic mass is 10.2. The molecule has 0 aromatic heterocycles. The van der Waals surface area contributed by atoms with Gasteiger partial charge in [-0.1, -0.05) is 17.7 Å². The molecule has 0 bridgehead atoms. The number of nitrogens with one attached hydrogen (secondary N) is 1. The maximum Gasteiger partial charge on any atom is 0.338 e. The van der Waals surface area contributed by atoms with Gasteiger partial charge >= 0.3 is 5.97 Å². The van der Waals surface area contributed by atoms with E-state index in [9.17, 15) is 13.2 Å². The molecule has 0 fully saturated rings. The Bertz CT molecular complexity index is 840. The molecule has 0 aliphatic carbocycles. The van der Waals surface area contributed by atoms with E-state index in [1.54, 1.807) is 32.9 Å². The molecule has 0 amide bonds. The Labute approximate surface area is 142 Å². The summed E-state index contributed by atoms with van der Waals surface area (Å²) in [6, 6.07) is 11.3. The highest BCUT2D eigenvalue weighted by Crippen LogP contribution is 2.21. The van der Waals surface area contributed by atoms with Gasteiger partial charge in [0.05, 0.1) is 16.6 Å². The van der Waals surface area contributed by atoms with Gasteiger partial charge in [0.2, 0.25) is 0 Å². The third-order valence-corrected chi connectivity index (χ3v) is 4.88. The highest BCUT2D eigenvalue weighted by Gasteiger charge is 2.17. The molecule has 5 nitrogen and oxygen atoms in total. The van der Waals surface area contributed by atoms with Crippen LogP contribution in [0.4, 0.5) is 5.69 Å². The molecule has 0 atom stereocenters. The number of hydrogen-bond donors (Lipinski definition) is 1. The second-order valence-corrected chi connectivity index (χ2v) is 7.56. The van der Waals surface area contributed by atoms with Gasteiger partial charge in [-0.3, -0.25) is 4.72 Å². The number of carbonyl (C=O) groups excluding carboxylic acids is 1. The topological polar surface area (TPSA) is 72.5 Å². The van der Waals surface area contributed by atoms with Crippen molar-refractivity contribution in [1.29, 1.82) is 0 Å². The van der Waals surface area contributed by atoms with E-state index in [1.165, 1.54) is 24.3 Å². The van der Waals surface area contributed by atoms with E-state index in [4.69, 9.17) is 4.74 Å². The number of rotatable bonds is 5. The first-order chi connectivity index (χ1) is 11.2. The van der Waals surface area contributed by atoms with Crippen LogP contribution in [-0.4, -0.2) is 20.5 Å². The number of esters is 1. The first-order valence-corrected chi connectivity index (χ1v) is 9.08. The highest BCUT2D eigenvalue weighted by molar-refractivity contribution is 7.92. The number of carbonyl (C=O) groups is 1. The highest BCUT2D eigenvalue weighted by atomic mass is 32.2. The molecular weight excluding hydrogens is 326 g/mol. The van der Waals surface area contributed by atoms with Gasteiger partial charge in [-0.2, -0.15) is 0 Å². The van der Waals surface area contributed by atoms with Crippen LogP contribution in [0, 0.1) is 13.8 Å². The molecule has 0 spiro atoms. The molecule has 24 heavy (non-hydrogen) atoms. The van der Waals surface area contributed by atoms with Crippen molar-refractivity contribution in [3.63, 3.8) is 0 Å². The Morgan fingerprint density at radius 3 is 2.21 bits per heavy atom. The molecule has 2 aromatic rings. The summed E-state index contributed by atoms with van der Waals surface area (Å²) in [7, 11) is -3.68. The van der Waals surface area contributed by atoms with Crippen molar-refractivity contribution >= 4 is 21.7 Å². The molecule has 0 radical (unpaired) electrons. The second kappa shape index (κ2) is 7.05. The molecule has 0 unspecified atom stereocenters. The normalized spacial score (nSPS) is 11.4. The number of ether oxygens (including phenoxy) is 1. The molecule has 128 valence electrons. The molecule has 1 N–H and O–H groups in total. The van der Waals surface area contributed by atoms with Gasteiger partial charge in [0.25, 0.3) is 10.0 Å². The lowest BCUT2D eigenvalue weighted by molar-refractivity contribution is 0.0378. The summed E-state index contributed by atoms with van der Waals surface area (Å²) in [5.74, 6) is -0.436. The van der Waals surface area contributed by atoms with Gasteiger partial charge in [0.15, 0.2) is 0 Å². The minimum absolute atomic E-state index is 0.208. The van der Waals surface area contributed by atoms with Crippen LogP contribution < -0.4 is 4.72 Å². The fourth-order valence-corrected chi connectivity index (χ4v) is 3.55. The summed E-state index contributed by atoms with van der Waals surface area (Å²) in [5.41, 5.74) is 2.44. The van der Waals surface area contributed by atoms with E-state index in [0.29, 0.717) is 16.8 Å².